The number of carbonyl (C=O) groups is 1. The Morgan fingerprint density at radius 2 is 1.91 bits per heavy atom. The summed E-state index contributed by atoms with van der Waals surface area (Å²) in [5.74, 6) is -0.469. The number of hydrogen-bond acceptors (Lipinski definition) is 7. The van der Waals surface area contributed by atoms with Crippen molar-refractivity contribution in [3.05, 3.63) is 57.7 Å². The molecule has 4 N–H and O–H groups in total. The number of hydrogen-bond donors (Lipinski definition) is 3. The van der Waals surface area contributed by atoms with E-state index in [1.807, 2.05) is 5.38 Å². The van der Waals surface area contributed by atoms with Crippen LogP contribution in [-0.4, -0.2) is 40.2 Å². The van der Waals surface area contributed by atoms with Gasteiger partial charge in [0.2, 0.25) is 4.80 Å². The van der Waals surface area contributed by atoms with Crippen molar-refractivity contribution in [2.24, 2.45) is 15.8 Å². The van der Waals surface area contributed by atoms with E-state index in [1.54, 1.807) is 41.2 Å². The smallest absolute Gasteiger partial charge is 0.252 e. The highest BCUT2D eigenvalue weighted by atomic mass is 32.1. The SMILES string of the molecule is COc1cc(/C=N/n2c(-c3ccc(O)c(C(N)=O)c3)csc2=NC2CCCCC2)ccc1O. The van der Waals surface area contributed by atoms with Crippen molar-refractivity contribution in [1.29, 1.82) is 0 Å². The molecule has 8 nitrogen and oxygen atoms in total. The van der Waals surface area contributed by atoms with Gasteiger partial charge in [-0.25, -0.2) is 4.68 Å². The normalized spacial score (nSPS) is 15.2. The zero-order valence-corrected chi connectivity index (χ0v) is 19.1. The summed E-state index contributed by atoms with van der Waals surface area (Å²) < 4.78 is 6.92. The van der Waals surface area contributed by atoms with Crippen LogP contribution in [0.3, 0.4) is 0 Å². The van der Waals surface area contributed by atoms with Gasteiger partial charge in [0.25, 0.3) is 5.91 Å². The third-order valence-electron chi connectivity index (χ3n) is 5.64. The molecule has 33 heavy (non-hydrogen) atoms. The van der Waals surface area contributed by atoms with Gasteiger partial charge in [0.05, 0.1) is 30.6 Å². The van der Waals surface area contributed by atoms with E-state index in [1.165, 1.54) is 43.8 Å². The number of phenolic OH excluding ortho intramolecular Hbond substituents is 1. The van der Waals surface area contributed by atoms with Gasteiger partial charge in [0.15, 0.2) is 11.5 Å². The molecule has 172 valence electrons. The largest absolute Gasteiger partial charge is 0.507 e. The van der Waals surface area contributed by atoms with Crippen molar-refractivity contribution in [2.75, 3.05) is 7.11 Å². The third kappa shape index (κ3) is 5.09. The molecular formula is C24H26N4O4S. The molecule has 2 aromatic carbocycles. The Labute approximate surface area is 195 Å². The Bertz CT molecular complexity index is 1260. The minimum absolute atomic E-state index is 0.0447. The Balaban J connectivity index is 1.80. The first-order valence-electron chi connectivity index (χ1n) is 10.7. The lowest BCUT2D eigenvalue weighted by atomic mass is 9.96. The minimum Gasteiger partial charge on any atom is -0.507 e. The van der Waals surface area contributed by atoms with Crippen molar-refractivity contribution in [3.8, 4) is 28.5 Å². The Kier molecular flexibility index (Phi) is 6.79. The summed E-state index contributed by atoms with van der Waals surface area (Å²) in [7, 11) is 1.49. The van der Waals surface area contributed by atoms with Crippen molar-refractivity contribution in [2.45, 2.75) is 38.1 Å². The average Bonchev–Trinajstić information content (AvgIpc) is 3.21. The third-order valence-corrected chi connectivity index (χ3v) is 6.47. The molecule has 4 rings (SSSR count). The average molecular weight is 467 g/mol. The molecule has 0 aliphatic heterocycles. The Hall–Kier alpha value is -3.59. The summed E-state index contributed by atoms with van der Waals surface area (Å²) in [4.78, 5) is 17.4. The quantitative estimate of drug-likeness (QED) is 0.478. The van der Waals surface area contributed by atoms with Crippen molar-refractivity contribution in [3.63, 3.8) is 0 Å². The van der Waals surface area contributed by atoms with Crippen LogP contribution >= 0.6 is 11.3 Å². The minimum atomic E-state index is -0.706. The van der Waals surface area contributed by atoms with E-state index in [-0.39, 0.29) is 23.1 Å². The van der Waals surface area contributed by atoms with E-state index < -0.39 is 5.91 Å². The molecule has 0 saturated heterocycles. The first-order valence-corrected chi connectivity index (χ1v) is 11.6. The number of rotatable bonds is 6. The highest BCUT2D eigenvalue weighted by Crippen LogP contribution is 2.28. The van der Waals surface area contributed by atoms with Crippen LogP contribution in [0.1, 0.15) is 48.0 Å². The number of nitrogens with zero attached hydrogens (tertiary/aromatic N) is 3. The fourth-order valence-corrected chi connectivity index (χ4v) is 4.76. The van der Waals surface area contributed by atoms with Gasteiger partial charge < -0.3 is 20.7 Å². The van der Waals surface area contributed by atoms with Crippen LogP contribution in [-0.2, 0) is 0 Å². The van der Waals surface area contributed by atoms with Crippen LogP contribution in [0.2, 0.25) is 0 Å². The molecule has 0 spiro atoms. The van der Waals surface area contributed by atoms with Gasteiger partial charge in [-0.3, -0.25) is 9.79 Å². The van der Waals surface area contributed by atoms with Gasteiger partial charge >= 0.3 is 0 Å². The number of carbonyl (C=O) groups excluding carboxylic acids is 1. The lowest BCUT2D eigenvalue weighted by Crippen LogP contribution is -2.19. The Morgan fingerprint density at radius 1 is 1.15 bits per heavy atom. The van der Waals surface area contributed by atoms with Crippen LogP contribution in [0, 0.1) is 0 Å². The first kappa shape index (κ1) is 22.6. The summed E-state index contributed by atoms with van der Waals surface area (Å²) in [6, 6.07) is 9.94. The van der Waals surface area contributed by atoms with Gasteiger partial charge in [-0.1, -0.05) is 19.3 Å². The van der Waals surface area contributed by atoms with E-state index in [4.69, 9.17) is 15.5 Å². The molecule has 0 radical (unpaired) electrons. The summed E-state index contributed by atoms with van der Waals surface area (Å²) in [6.45, 7) is 0. The second-order valence-electron chi connectivity index (χ2n) is 7.91. The standard InChI is InChI=1S/C24H26N4O4S/c1-32-22-11-15(7-9-21(22)30)13-26-28-19(16-8-10-20(29)18(12-16)23(25)31)14-33-24(28)27-17-5-3-2-4-6-17/h7-14,17,29-30H,2-6H2,1H3,(H2,25,31)/b26-13+,27-24?. The zero-order valence-electron chi connectivity index (χ0n) is 18.3. The van der Waals surface area contributed by atoms with E-state index >= 15 is 0 Å². The van der Waals surface area contributed by atoms with Crippen LogP contribution in [0.15, 0.2) is 51.9 Å². The Morgan fingerprint density at radius 3 is 2.64 bits per heavy atom. The summed E-state index contributed by atoms with van der Waals surface area (Å²) >= 11 is 1.47. The van der Waals surface area contributed by atoms with Gasteiger partial charge in [0, 0.05) is 10.9 Å². The number of primary amides is 1. The molecule has 1 amide bonds. The second-order valence-corrected chi connectivity index (χ2v) is 8.74. The number of phenols is 2. The molecule has 1 aliphatic carbocycles. The molecule has 1 saturated carbocycles. The van der Waals surface area contributed by atoms with Crippen molar-refractivity contribution < 1.29 is 19.7 Å². The number of methoxy groups -OCH3 is 1. The second kappa shape index (κ2) is 9.91. The number of aromatic hydroxyl groups is 2. The molecule has 0 bridgehead atoms. The fraction of sp³-hybridized carbons (Fsp3) is 0.292. The number of amides is 1. The maximum absolute atomic E-state index is 11.7. The summed E-state index contributed by atoms with van der Waals surface area (Å²) in [5, 5.41) is 26.4. The molecular weight excluding hydrogens is 440 g/mol. The van der Waals surface area contributed by atoms with E-state index in [9.17, 15) is 15.0 Å². The fourth-order valence-electron chi connectivity index (χ4n) is 3.86. The van der Waals surface area contributed by atoms with Gasteiger partial charge in [-0.05, 0) is 54.8 Å². The predicted molar refractivity (Wildman–Crippen MR) is 128 cm³/mol. The zero-order chi connectivity index (χ0) is 23.4. The van der Waals surface area contributed by atoms with Crippen LogP contribution in [0.5, 0.6) is 17.2 Å². The van der Waals surface area contributed by atoms with E-state index in [0.29, 0.717) is 11.3 Å². The molecule has 3 aromatic rings. The first-order chi connectivity index (χ1) is 16.0. The molecule has 0 unspecified atom stereocenters. The lowest BCUT2D eigenvalue weighted by molar-refractivity contribution is 0.0998. The maximum atomic E-state index is 11.7. The predicted octanol–water partition coefficient (Wildman–Crippen LogP) is 3.85. The summed E-state index contributed by atoms with van der Waals surface area (Å²) in [6.07, 6.45) is 7.35. The van der Waals surface area contributed by atoms with E-state index in [0.717, 1.165) is 28.9 Å². The summed E-state index contributed by atoms with van der Waals surface area (Å²) in [5.41, 5.74) is 7.61. The van der Waals surface area contributed by atoms with Crippen LogP contribution < -0.4 is 15.3 Å². The van der Waals surface area contributed by atoms with Crippen molar-refractivity contribution in [1.82, 2.24) is 4.68 Å². The number of ether oxygens (including phenoxy) is 1. The topological polar surface area (TPSA) is 122 Å². The lowest BCUT2D eigenvalue weighted by Gasteiger charge is -2.16. The monoisotopic (exact) mass is 466 g/mol. The van der Waals surface area contributed by atoms with Crippen molar-refractivity contribution >= 4 is 23.5 Å². The van der Waals surface area contributed by atoms with Gasteiger partial charge in [-0.15, -0.1) is 11.3 Å². The molecule has 1 aromatic heterocycles. The van der Waals surface area contributed by atoms with E-state index in [2.05, 4.69) is 5.10 Å². The number of nitrogens with two attached hydrogens (primary N) is 1. The molecule has 9 heteroatoms. The maximum Gasteiger partial charge on any atom is 0.252 e. The van der Waals surface area contributed by atoms with Crippen LogP contribution in [0.25, 0.3) is 11.3 Å². The molecule has 1 aliphatic rings. The number of benzene rings is 2. The molecule has 1 heterocycles. The highest BCUT2D eigenvalue weighted by Gasteiger charge is 2.16. The van der Waals surface area contributed by atoms with Crippen LogP contribution in [0.4, 0.5) is 0 Å². The molecule has 1 fully saturated rings. The number of aromatic nitrogens is 1. The molecule has 0 atom stereocenters. The highest BCUT2D eigenvalue weighted by molar-refractivity contribution is 7.07. The number of thiazole rings is 1. The van der Waals surface area contributed by atoms with Gasteiger partial charge in [-0.2, -0.15) is 5.10 Å². The van der Waals surface area contributed by atoms with Gasteiger partial charge in [0.1, 0.15) is 5.75 Å².